The van der Waals surface area contributed by atoms with E-state index in [0.29, 0.717) is 6.54 Å². The minimum absolute atomic E-state index is 0.0703. The van der Waals surface area contributed by atoms with E-state index in [-0.39, 0.29) is 18.4 Å². The monoisotopic (exact) mass is 402 g/mol. The Morgan fingerprint density at radius 2 is 2.14 bits per heavy atom. The van der Waals surface area contributed by atoms with Crippen LogP contribution in [0.5, 0.6) is 0 Å². The zero-order valence-electron chi connectivity index (χ0n) is 11.9. The summed E-state index contributed by atoms with van der Waals surface area (Å²) in [5.74, 6) is -0.940. The number of amides is 1. The van der Waals surface area contributed by atoms with Crippen molar-refractivity contribution in [1.29, 1.82) is 0 Å². The summed E-state index contributed by atoms with van der Waals surface area (Å²) < 4.78 is 0.963. The highest BCUT2D eigenvalue weighted by Gasteiger charge is 2.35. The van der Waals surface area contributed by atoms with Gasteiger partial charge >= 0.3 is 5.97 Å². The van der Waals surface area contributed by atoms with Gasteiger partial charge in [0.2, 0.25) is 5.91 Å². The van der Waals surface area contributed by atoms with Crippen LogP contribution in [0.25, 0.3) is 0 Å². The lowest BCUT2D eigenvalue weighted by Crippen LogP contribution is -2.51. The molecule has 0 aromatic heterocycles. The Labute approximate surface area is 137 Å². The highest BCUT2D eigenvalue weighted by atomic mass is 127. The van der Waals surface area contributed by atoms with Crippen molar-refractivity contribution in [3.05, 3.63) is 27.8 Å². The Morgan fingerprint density at radius 1 is 1.43 bits per heavy atom. The lowest BCUT2D eigenvalue weighted by molar-refractivity contribution is -0.147. The van der Waals surface area contributed by atoms with E-state index in [1.54, 1.807) is 4.90 Å². The van der Waals surface area contributed by atoms with Gasteiger partial charge in [0.25, 0.3) is 0 Å². The van der Waals surface area contributed by atoms with Crippen LogP contribution < -0.4 is 5.32 Å². The van der Waals surface area contributed by atoms with Crippen LogP contribution in [0.2, 0.25) is 0 Å². The number of carboxylic acids is 1. The van der Waals surface area contributed by atoms with Gasteiger partial charge in [0, 0.05) is 3.57 Å². The van der Waals surface area contributed by atoms with Gasteiger partial charge in [0.05, 0.1) is 12.2 Å². The first-order chi connectivity index (χ1) is 9.99. The quantitative estimate of drug-likeness (QED) is 0.760. The summed E-state index contributed by atoms with van der Waals surface area (Å²) in [5.41, 5.74) is 0.764. The highest BCUT2D eigenvalue weighted by molar-refractivity contribution is 14.1. The largest absolute Gasteiger partial charge is 0.480 e. The lowest BCUT2D eigenvalue weighted by atomic mass is 9.91. The molecule has 0 bridgehead atoms. The predicted molar refractivity (Wildman–Crippen MR) is 89.2 cm³/mol. The van der Waals surface area contributed by atoms with Crippen LogP contribution in [-0.2, 0) is 9.59 Å². The van der Waals surface area contributed by atoms with Gasteiger partial charge in [0.15, 0.2) is 0 Å². The van der Waals surface area contributed by atoms with Crippen molar-refractivity contribution >= 4 is 40.2 Å². The molecule has 2 atom stereocenters. The van der Waals surface area contributed by atoms with Gasteiger partial charge in [-0.3, -0.25) is 14.5 Å². The van der Waals surface area contributed by atoms with E-state index < -0.39 is 12.0 Å². The number of anilines is 1. The summed E-state index contributed by atoms with van der Waals surface area (Å²) in [6, 6.07) is 6.96. The fourth-order valence-electron chi connectivity index (χ4n) is 2.79. The number of halogens is 1. The number of nitrogens with zero attached hydrogens (tertiary/aromatic N) is 1. The Balaban J connectivity index is 2.01. The molecule has 0 spiro atoms. The van der Waals surface area contributed by atoms with Crippen molar-refractivity contribution in [2.24, 2.45) is 5.92 Å². The second kappa shape index (κ2) is 7.22. The van der Waals surface area contributed by atoms with Crippen LogP contribution in [0.1, 0.15) is 19.8 Å². The maximum Gasteiger partial charge on any atom is 0.321 e. The Kier molecular flexibility index (Phi) is 5.58. The molecule has 1 aromatic carbocycles. The van der Waals surface area contributed by atoms with Crippen LogP contribution >= 0.6 is 22.6 Å². The van der Waals surface area contributed by atoms with Gasteiger partial charge in [-0.1, -0.05) is 19.1 Å². The molecule has 1 saturated heterocycles. The van der Waals surface area contributed by atoms with Gasteiger partial charge in [-0.2, -0.15) is 0 Å². The molecule has 1 aromatic rings. The molecule has 2 unspecified atom stereocenters. The lowest BCUT2D eigenvalue weighted by Gasteiger charge is -2.36. The minimum atomic E-state index is -0.843. The third kappa shape index (κ3) is 4.16. The molecule has 21 heavy (non-hydrogen) atoms. The number of rotatable bonds is 4. The van der Waals surface area contributed by atoms with Crippen LogP contribution in [0, 0.1) is 9.49 Å². The number of hydrogen-bond acceptors (Lipinski definition) is 3. The number of benzene rings is 1. The molecule has 5 nitrogen and oxygen atoms in total. The van der Waals surface area contributed by atoms with Crippen molar-refractivity contribution in [2.45, 2.75) is 25.8 Å². The fraction of sp³-hybridized carbons (Fsp3) is 0.467. The van der Waals surface area contributed by atoms with Crippen molar-refractivity contribution < 1.29 is 14.7 Å². The third-order valence-electron chi connectivity index (χ3n) is 3.78. The molecule has 2 N–H and O–H groups in total. The topological polar surface area (TPSA) is 69.6 Å². The summed E-state index contributed by atoms with van der Waals surface area (Å²) in [6.45, 7) is 2.70. The number of piperidine rings is 1. The highest BCUT2D eigenvalue weighted by Crippen LogP contribution is 2.23. The molecule has 1 aliphatic rings. The number of carbonyl (C=O) groups excluding carboxylic acids is 1. The number of hydrogen-bond donors (Lipinski definition) is 2. The maximum atomic E-state index is 12.2. The Hall–Kier alpha value is -1.15. The summed E-state index contributed by atoms with van der Waals surface area (Å²) in [4.78, 5) is 25.3. The van der Waals surface area contributed by atoms with Crippen LogP contribution in [-0.4, -0.2) is 41.0 Å². The van der Waals surface area contributed by atoms with Crippen molar-refractivity contribution in [3.8, 4) is 0 Å². The first-order valence-corrected chi connectivity index (χ1v) is 8.08. The average molecular weight is 402 g/mol. The minimum Gasteiger partial charge on any atom is -0.480 e. The molecule has 114 valence electrons. The van der Waals surface area contributed by atoms with Crippen LogP contribution in [0.4, 0.5) is 5.69 Å². The molecule has 6 heteroatoms. The average Bonchev–Trinajstić information content (AvgIpc) is 2.41. The molecule has 0 aliphatic carbocycles. The molecule has 1 amide bonds. The zero-order valence-corrected chi connectivity index (χ0v) is 14.0. The maximum absolute atomic E-state index is 12.2. The number of aliphatic carboxylic acids is 1. The van der Waals surface area contributed by atoms with Gasteiger partial charge in [-0.25, -0.2) is 0 Å². The van der Waals surface area contributed by atoms with Gasteiger partial charge < -0.3 is 10.4 Å². The zero-order chi connectivity index (χ0) is 15.4. The normalized spacial score (nSPS) is 22.8. The number of nitrogens with one attached hydrogen (secondary N) is 1. The standard InChI is InChI=1S/C15H19IN2O3/c1-10-5-4-8-18(14(10)15(20)21)9-13(19)17-12-7-3-2-6-11(12)16/h2-3,6-7,10,14H,4-5,8-9H2,1H3,(H,17,19)(H,20,21). The fourth-order valence-corrected chi connectivity index (χ4v) is 3.31. The molecule has 1 fully saturated rings. The SMILES string of the molecule is CC1CCCN(CC(=O)Nc2ccccc2I)C1C(=O)O. The van der Waals surface area contributed by atoms with Crippen LogP contribution in [0.15, 0.2) is 24.3 Å². The second-order valence-electron chi connectivity index (χ2n) is 5.40. The summed E-state index contributed by atoms with van der Waals surface area (Å²) in [7, 11) is 0. The first-order valence-electron chi connectivity index (χ1n) is 7.00. The van der Waals surface area contributed by atoms with Crippen molar-refractivity contribution in [3.63, 3.8) is 0 Å². The van der Waals surface area contributed by atoms with Gasteiger partial charge in [0.1, 0.15) is 6.04 Å². The summed E-state index contributed by atoms with van der Waals surface area (Å²) in [5, 5.41) is 12.2. The van der Waals surface area contributed by atoms with Crippen LogP contribution in [0.3, 0.4) is 0 Å². The van der Waals surface area contributed by atoms with E-state index in [2.05, 4.69) is 27.9 Å². The number of likely N-dealkylation sites (tertiary alicyclic amines) is 1. The number of carbonyl (C=O) groups is 2. The smallest absolute Gasteiger partial charge is 0.321 e. The molecular formula is C15H19IN2O3. The Morgan fingerprint density at radius 3 is 2.81 bits per heavy atom. The molecule has 0 radical (unpaired) electrons. The van der Waals surface area contributed by atoms with Crippen molar-refractivity contribution in [1.82, 2.24) is 4.90 Å². The molecule has 0 saturated carbocycles. The molecule has 1 heterocycles. The predicted octanol–water partition coefficient (Wildman–Crippen LogP) is 2.41. The summed E-state index contributed by atoms with van der Waals surface area (Å²) >= 11 is 2.16. The van der Waals surface area contributed by atoms with Crippen molar-refractivity contribution in [2.75, 3.05) is 18.4 Å². The van der Waals surface area contributed by atoms with Gasteiger partial charge in [-0.15, -0.1) is 0 Å². The Bertz CT molecular complexity index is 535. The van der Waals surface area contributed by atoms with E-state index in [4.69, 9.17) is 0 Å². The first kappa shape index (κ1) is 16.2. The van der Waals surface area contributed by atoms with E-state index in [0.717, 1.165) is 22.1 Å². The van der Waals surface area contributed by atoms with E-state index in [1.807, 2.05) is 31.2 Å². The van der Waals surface area contributed by atoms with E-state index >= 15 is 0 Å². The molecule has 1 aliphatic heterocycles. The number of para-hydroxylation sites is 1. The third-order valence-corrected chi connectivity index (χ3v) is 4.73. The number of carboxylic acid groups (broad SMARTS) is 1. The van der Waals surface area contributed by atoms with Gasteiger partial charge in [-0.05, 0) is 60.0 Å². The summed E-state index contributed by atoms with van der Waals surface area (Å²) in [6.07, 6.45) is 1.83. The van der Waals surface area contributed by atoms with E-state index in [1.165, 1.54) is 0 Å². The molecular weight excluding hydrogens is 383 g/mol. The van der Waals surface area contributed by atoms with E-state index in [9.17, 15) is 14.7 Å². The second-order valence-corrected chi connectivity index (χ2v) is 6.56. The molecule has 2 rings (SSSR count).